The molecule has 79 heavy (non-hydrogen) atoms. The standard InChI is InChI=1S/C28H32N8O4.C28H34N8O2.Ni/c1-18(2)23-17-30-35-25(23)32-28(40-22-12-14-34(3)15-13-22)33-27(35)29-16-20-6-4-5-7-24(20)31-26(37)19-8-10-21(11-9-19)36(38)39;1-18(2)23-17-31-36-25(23)33-28(38-22-12-14-35(3)15-13-22)34-27(36)30-16-20-6-4-5-7-24(20)32-26(37)19-8-10-21(29)11-9-19;/h4-11,17-18,22H,12-16H2,1-3H3,(H,31,37)(H,29,32,33);4-11,17-18,22H,12-16,29H2,1-3H3,(H,32,37)(H,30,33,34);. The predicted octanol–water partition coefficient (Wildman–Crippen LogP) is 8.66. The number of benzene rings is 4. The molecule has 2 aliphatic heterocycles. The smallest absolute Gasteiger partial charge is 0.322 e. The number of carbonyl (C=O) groups is 2. The SMILES string of the molecule is CC(C)c1cnn2c(NCc3ccccc3NC(=O)c3ccc(N)cc3)nc(OC3CCN(C)CC3)nc12.CC(C)c1cnn2c(NCc3ccccc3NC(=O)c3ccc([N+](=O)[O-])cc3)nc(OC3CCN(C)CC3)nc12.[Ni]. The fourth-order valence-corrected chi connectivity index (χ4v) is 9.10. The van der Waals surface area contributed by atoms with Gasteiger partial charge in [0.05, 0.1) is 17.3 Å². The maximum atomic E-state index is 12.9. The molecule has 8 aromatic rings. The van der Waals surface area contributed by atoms with E-state index in [-0.39, 0.29) is 58.0 Å². The quantitative estimate of drug-likeness (QED) is 0.0247. The number of fused-ring (bicyclic) bond motifs is 2. The second-order valence-electron chi connectivity index (χ2n) is 20.2. The van der Waals surface area contributed by atoms with Crippen LogP contribution in [0, 0.1) is 10.1 Å². The number of rotatable bonds is 17. The first kappa shape index (κ1) is 56.9. The predicted molar refractivity (Wildman–Crippen MR) is 299 cm³/mol. The van der Waals surface area contributed by atoms with Gasteiger partial charge >= 0.3 is 12.0 Å². The molecule has 6 heterocycles. The first-order valence-electron chi connectivity index (χ1n) is 26.2. The molecule has 0 saturated carbocycles. The first-order valence-corrected chi connectivity index (χ1v) is 26.2. The van der Waals surface area contributed by atoms with Crippen molar-refractivity contribution in [2.75, 3.05) is 67.3 Å². The van der Waals surface area contributed by atoms with Gasteiger partial charge in [-0.1, -0.05) is 64.1 Å². The number of likely N-dealkylation sites (tertiary alicyclic amines) is 2. The second kappa shape index (κ2) is 25.9. The van der Waals surface area contributed by atoms with E-state index in [2.05, 4.69) is 88.0 Å². The Morgan fingerprint density at radius 1 is 0.620 bits per heavy atom. The van der Waals surface area contributed by atoms with Crippen LogP contribution >= 0.6 is 0 Å². The van der Waals surface area contributed by atoms with Crippen molar-refractivity contribution in [2.45, 2.75) is 90.5 Å². The number of aromatic nitrogens is 8. The molecule has 4 aromatic heterocycles. The Bertz CT molecular complexity index is 3370. The molecular formula is C56H66N16NiO6. The summed E-state index contributed by atoms with van der Waals surface area (Å²) in [7, 11) is 4.23. The molecular weight excluding hydrogens is 1050 g/mol. The van der Waals surface area contributed by atoms with Crippen molar-refractivity contribution in [1.82, 2.24) is 49.0 Å². The Hall–Kier alpha value is -8.27. The molecule has 2 fully saturated rings. The fourth-order valence-electron chi connectivity index (χ4n) is 9.10. The fraction of sp³-hybridized carbons (Fsp3) is 0.357. The average Bonchev–Trinajstić information content (AvgIpc) is 4.13. The van der Waals surface area contributed by atoms with E-state index in [1.807, 2.05) is 48.7 Å². The molecule has 2 aliphatic rings. The number of nitrogens with two attached hydrogens (primary N) is 1. The van der Waals surface area contributed by atoms with E-state index in [1.54, 1.807) is 45.6 Å². The van der Waals surface area contributed by atoms with Gasteiger partial charge in [-0.25, -0.2) is 0 Å². The molecule has 0 atom stereocenters. The zero-order chi connectivity index (χ0) is 54.9. The molecule has 0 aliphatic carbocycles. The number of hydrogen-bond acceptors (Lipinski definition) is 17. The van der Waals surface area contributed by atoms with Gasteiger partial charge in [0.2, 0.25) is 11.9 Å². The number of nitrogen functional groups attached to an aromatic ring is 1. The Morgan fingerprint density at radius 2 is 1.01 bits per heavy atom. The average molecular weight is 1120 g/mol. The van der Waals surface area contributed by atoms with E-state index in [4.69, 9.17) is 30.2 Å². The van der Waals surface area contributed by atoms with Gasteiger partial charge in [-0.2, -0.15) is 39.2 Å². The van der Waals surface area contributed by atoms with Gasteiger partial charge in [0.15, 0.2) is 11.3 Å². The molecule has 10 rings (SSSR count). The van der Waals surface area contributed by atoms with Crippen molar-refractivity contribution in [3.63, 3.8) is 0 Å². The number of amides is 2. The van der Waals surface area contributed by atoms with Gasteiger partial charge in [0.1, 0.15) is 12.2 Å². The molecule has 22 nitrogen and oxygen atoms in total. The topological polar surface area (TPSA) is 263 Å². The third-order valence-electron chi connectivity index (χ3n) is 13.8. The number of piperidine rings is 2. The summed E-state index contributed by atoms with van der Waals surface area (Å²) in [6.07, 6.45) is 7.45. The van der Waals surface area contributed by atoms with E-state index in [1.165, 1.54) is 24.3 Å². The van der Waals surface area contributed by atoms with Crippen LogP contribution in [0.3, 0.4) is 0 Å². The second-order valence-corrected chi connectivity index (χ2v) is 20.2. The minimum atomic E-state index is -0.499. The van der Waals surface area contributed by atoms with Gasteiger partial charge < -0.3 is 46.3 Å². The van der Waals surface area contributed by atoms with Crippen molar-refractivity contribution in [3.8, 4) is 12.0 Å². The third kappa shape index (κ3) is 14.3. The van der Waals surface area contributed by atoms with Crippen LogP contribution in [0.2, 0.25) is 0 Å². The summed E-state index contributed by atoms with van der Waals surface area (Å²) in [5, 5.41) is 32.7. The Balaban J connectivity index is 0.000000206. The van der Waals surface area contributed by atoms with E-state index >= 15 is 0 Å². The largest absolute Gasteiger partial charge is 0.460 e. The van der Waals surface area contributed by atoms with Gasteiger partial charge in [-0.05, 0) is 111 Å². The van der Waals surface area contributed by atoms with E-state index in [0.717, 1.165) is 79.8 Å². The number of hydrogen-bond donors (Lipinski definition) is 5. The number of para-hydroxylation sites is 2. The maximum Gasteiger partial charge on any atom is 0.322 e. The van der Waals surface area contributed by atoms with Crippen LogP contribution in [-0.4, -0.2) is 118 Å². The van der Waals surface area contributed by atoms with Gasteiger partial charge in [-0.3, -0.25) is 19.7 Å². The van der Waals surface area contributed by atoms with Crippen LogP contribution in [0.4, 0.5) is 34.6 Å². The van der Waals surface area contributed by atoms with Crippen LogP contribution in [0.5, 0.6) is 12.0 Å². The van der Waals surface area contributed by atoms with Gasteiger partial charge in [0, 0.05) is 107 Å². The first-order chi connectivity index (χ1) is 37.6. The minimum absolute atomic E-state index is 0. The summed E-state index contributed by atoms with van der Waals surface area (Å²) in [5.41, 5.74) is 13.6. The van der Waals surface area contributed by atoms with Crippen LogP contribution < -0.4 is 36.5 Å². The Labute approximate surface area is 468 Å². The molecule has 23 heteroatoms. The van der Waals surface area contributed by atoms with E-state index in [9.17, 15) is 19.7 Å². The van der Waals surface area contributed by atoms with Crippen molar-refractivity contribution >= 4 is 57.8 Å². The molecule has 6 N–H and O–H groups in total. The van der Waals surface area contributed by atoms with E-state index < -0.39 is 4.92 Å². The number of non-ortho nitro benzene ring substituents is 1. The maximum absolute atomic E-state index is 12.9. The molecule has 0 radical (unpaired) electrons. The Kier molecular flexibility index (Phi) is 18.7. The molecule has 2 amide bonds. The van der Waals surface area contributed by atoms with Crippen LogP contribution in [0.25, 0.3) is 11.3 Å². The molecule has 416 valence electrons. The number of nitro groups is 1. The van der Waals surface area contributed by atoms with Crippen LogP contribution in [0.1, 0.15) is 108 Å². The van der Waals surface area contributed by atoms with Gasteiger partial charge in [0.25, 0.3) is 17.5 Å². The van der Waals surface area contributed by atoms with Gasteiger partial charge in [-0.15, -0.1) is 0 Å². The number of nitrogens with zero attached hydrogens (tertiary/aromatic N) is 11. The minimum Gasteiger partial charge on any atom is -0.460 e. The summed E-state index contributed by atoms with van der Waals surface area (Å²) >= 11 is 0. The normalized spacial score (nSPS) is 14.3. The molecule has 0 spiro atoms. The number of ether oxygens (including phenoxy) is 2. The number of nitrogens with one attached hydrogen (secondary N) is 4. The van der Waals surface area contributed by atoms with Crippen molar-refractivity contribution in [1.29, 1.82) is 0 Å². The zero-order valence-corrected chi connectivity index (χ0v) is 46.0. The molecule has 2 saturated heterocycles. The number of nitro benzene ring substituents is 1. The molecule has 0 unspecified atom stereocenters. The van der Waals surface area contributed by atoms with Crippen molar-refractivity contribution in [2.24, 2.45) is 0 Å². The van der Waals surface area contributed by atoms with Crippen molar-refractivity contribution < 1.29 is 40.5 Å². The summed E-state index contributed by atoms with van der Waals surface area (Å²) in [6.45, 7) is 13.1. The number of anilines is 5. The molecule has 0 bridgehead atoms. The summed E-state index contributed by atoms with van der Waals surface area (Å²) in [6, 6.07) is 28.1. The van der Waals surface area contributed by atoms with E-state index in [0.29, 0.717) is 70.8 Å². The zero-order valence-electron chi connectivity index (χ0n) is 45.0. The van der Waals surface area contributed by atoms with Crippen LogP contribution in [0.15, 0.2) is 109 Å². The summed E-state index contributed by atoms with van der Waals surface area (Å²) < 4.78 is 15.9. The Morgan fingerprint density at radius 3 is 1.41 bits per heavy atom. The number of carbonyl (C=O) groups excluding carboxylic acids is 2. The van der Waals surface area contributed by atoms with Crippen molar-refractivity contribution in [3.05, 3.63) is 153 Å². The van der Waals surface area contributed by atoms with Crippen LogP contribution in [-0.2, 0) is 29.6 Å². The monoisotopic (exact) mass is 1120 g/mol. The molecule has 4 aromatic carbocycles. The third-order valence-corrected chi connectivity index (χ3v) is 13.8. The summed E-state index contributed by atoms with van der Waals surface area (Å²) in [4.78, 5) is 59.5. The summed E-state index contributed by atoms with van der Waals surface area (Å²) in [5.74, 6) is 0.905.